The van der Waals surface area contributed by atoms with Crippen molar-refractivity contribution in [3.63, 3.8) is 0 Å². The summed E-state index contributed by atoms with van der Waals surface area (Å²) in [5.41, 5.74) is 0. The molecule has 1 aliphatic heterocycles. The highest BCUT2D eigenvalue weighted by atomic mass is 16.5. The van der Waals surface area contributed by atoms with Crippen molar-refractivity contribution in [2.45, 2.75) is 31.7 Å². The summed E-state index contributed by atoms with van der Waals surface area (Å²) in [6, 6.07) is 0.858. The van der Waals surface area contributed by atoms with Gasteiger partial charge in [-0.05, 0) is 31.6 Å². The van der Waals surface area contributed by atoms with Crippen LogP contribution < -0.4 is 5.32 Å². The van der Waals surface area contributed by atoms with E-state index in [2.05, 4.69) is 5.32 Å². The molecule has 0 aromatic heterocycles. The SMILES string of the molecule is C1COC[C@H](CNC2CC2)C1. The van der Waals surface area contributed by atoms with Crippen molar-refractivity contribution in [2.75, 3.05) is 19.8 Å². The van der Waals surface area contributed by atoms with Crippen molar-refractivity contribution >= 4 is 0 Å². The third-order valence-electron chi connectivity index (χ3n) is 2.53. The molecule has 0 bridgehead atoms. The number of ether oxygens (including phenoxy) is 1. The molecule has 2 heteroatoms. The molecule has 1 N–H and O–H groups in total. The van der Waals surface area contributed by atoms with Crippen LogP contribution in [0.2, 0.25) is 0 Å². The Morgan fingerprint density at radius 1 is 1.27 bits per heavy atom. The predicted molar refractivity (Wildman–Crippen MR) is 44.6 cm³/mol. The van der Waals surface area contributed by atoms with Gasteiger partial charge in [-0.25, -0.2) is 0 Å². The van der Waals surface area contributed by atoms with Crippen molar-refractivity contribution in [2.24, 2.45) is 5.92 Å². The zero-order valence-corrected chi connectivity index (χ0v) is 7.01. The molecule has 11 heavy (non-hydrogen) atoms. The number of hydrogen-bond donors (Lipinski definition) is 1. The van der Waals surface area contributed by atoms with Crippen LogP contribution in [0.15, 0.2) is 0 Å². The fraction of sp³-hybridized carbons (Fsp3) is 1.00. The maximum Gasteiger partial charge on any atom is 0.0506 e. The molecule has 0 spiro atoms. The van der Waals surface area contributed by atoms with E-state index in [1.165, 1.54) is 32.2 Å². The van der Waals surface area contributed by atoms with Gasteiger partial charge in [0.2, 0.25) is 0 Å². The molecule has 0 radical (unpaired) electrons. The molecular formula is C9H17NO. The third kappa shape index (κ3) is 2.46. The number of hydrogen-bond acceptors (Lipinski definition) is 2. The van der Waals surface area contributed by atoms with Gasteiger partial charge in [-0.3, -0.25) is 0 Å². The first-order valence-corrected chi connectivity index (χ1v) is 4.76. The largest absolute Gasteiger partial charge is 0.381 e. The molecule has 1 heterocycles. The lowest BCUT2D eigenvalue weighted by Gasteiger charge is -2.22. The lowest BCUT2D eigenvalue weighted by Crippen LogP contribution is -2.30. The summed E-state index contributed by atoms with van der Waals surface area (Å²) < 4.78 is 5.39. The maximum atomic E-state index is 5.39. The van der Waals surface area contributed by atoms with Gasteiger partial charge < -0.3 is 10.1 Å². The third-order valence-corrected chi connectivity index (χ3v) is 2.53. The van der Waals surface area contributed by atoms with Gasteiger partial charge in [0.15, 0.2) is 0 Å². The number of rotatable bonds is 3. The lowest BCUT2D eigenvalue weighted by atomic mass is 10.0. The summed E-state index contributed by atoms with van der Waals surface area (Å²) in [6.07, 6.45) is 5.41. The summed E-state index contributed by atoms with van der Waals surface area (Å²) in [6.45, 7) is 3.16. The minimum atomic E-state index is 0.796. The quantitative estimate of drug-likeness (QED) is 0.660. The van der Waals surface area contributed by atoms with Gasteiger partial charge in [-0.15, -0.1) is 0 Å². The first-order valence-electron chi connectivity index (χ1n) is 4.76. The van der Waals surface area contributed by atoms with Crippen molar-refractivity contribution in [3.8, 4) is 0 Å². The standard InChI is InChI=1S/C9H17NO/c1-2-8(7-11-5-1)6-10-9-3-4-9/h8-10H,1-7H2/t8-/m0/s1. The van der Waals surface area contributed by atoms with Gasteiger partial charge in [-0.2, -0.15) is 0 Å². The van der Waals surface area contributed by atoms with Crippen molar-refractivity contribution in [3.05, 3.63) is 0 Å². The lowest BCUT2D eigenvalue weighted by molar-refractivity contribution is 0.0547. The summed E-state index contributed by atoms with van der Waals surface area (Å²) in [5, 5.41) is 3.55. The van der Waals surface area contributed by atoms with E-state index in [1.54, 1.807) is 0 Å². The molecule has 64 valence electrons. The Bertz CT molecular complexity index is 117. The van der Waals surface area contributed by atoms with Crippen LogP contribution in [0.5, 0.6) is 0 Å². The average molecular weight is 155 g/mol. The molecule has 2 fully saturated rings. The molecule has 1 saturated carbocycles. The van der Waals surface area contributed by atoms with Crippen molar-refractivity contribution in [1.82, 2.24) is 5.32 Å². The van der Waals surface area contributed by atoms with E-state index >= 15 is 0 Å². The predicted octanol–water partition coefficient (Wildman–Crippen LogP) is 1.16. The Morgan fingerprint density at radius 3 is 2.82 bits per heavy atom. The van der Waals surface area contributed by atoms with E-state index in [9.17, 15) is 0 Å². The monoisotopic (exact) mass is 155 g/mol. The van der Waals surface area contributed by atoms with Crippen LogP contribution in [0.4, 0.5) is 0 Å². The molecular weight excluding hydrogens is 138 g/mol. The summed E-state index contributed by atoms with van der Waals surface area (Å²) >= 11 is 0. The first-order chi connectivity index (χ1) is 5.45. The molecule has 0 unspecified atom stereocenters. The number of nitrogens with one attached hydrogen (secondary N) is 1. The van der Waals surface area contributed by atoms with E-state index in [-0.39, 0.29) is 0 Å². The highest BCUT2D eigenvalue weighted by Crippen LogP contribution is 2.20. The smallest absolute Gasteiger partial charge is 0.0506 e. The van der Waals surface area contributed by atoms with Gasteiger partial charge >= 0.3 is 0 Å². The van der Waals surface area contributed by atoms with Crippen LogP contribution in [-0.4, -0.2) is 25.8 Å². The van der Waals surface area contributed by atoms with Crippen LogP contribution >= 0.6 is 0 Å². The molecule has 1 saturated heterocycles. The van der Waals surface area contributed by atoms with Gasteiger partial charge in [0.25, 0.3) is 0 Å². The summed E-state index contributed by atoms with van der Waals surface area (Å²) in [4.78, 5) is 0. The van der Waals surface area contributed by atoms with Crippen LogP contribution in [0.1, 0.15) is 25.7 Å². The van der Waals surface area contributed by atoms with Crippen LogP contribution in [-0.2, 0) is 4.74 Å². The molecule has 2 rings (SSSR count). The Kier molecular flexibility index (Phi) is 2.44. The molecule has 0 amide bonds. The van der Waals surface area contributed by atoms with E-state index in [4.69, 9.17) is 4.74 Å². The van der Waals surface area contributed by atoms with Gasteiger partial charge in [0, 0.05) is 19.2 Å². The second kappa shape index (κ2) is 3.55. The Balaban J connectivity index is 1.59. The van der Waals surface area contributed by atoms with E-state index in [0.717, 1.165) is 25.2 Å². The molecule has 2 aliphatic rings. The Morgan fingerprint density at radius 2 is 2.18 bits per heavy atom. The van der Waals surface area contributed by atoms with Crippen molar-refractivity contribution in [1.29, 1.82) is 0 Å². The van der Waals surface area contributed by atoms with Gasteiger partial charge in [0.1, 0.15) is 0 Å². The zero-order valence-electron chi connectivity index (χ0n) is 7.01. The zero-order chi connectivity index (χ0) is 7.52. The fourth-order valence-corrected chi connectivity index (χ4v) is 1.59. The normalized spacial score (nSPS) is 32.2. The van der Waals surface area contributed by atoms with Crippen LogP contribution in [0.3, 0.4) is 0 Å². The Labute approximate surface area is 68.3 Å². The maximum absolute atomic E-state index is 5.39. The van der Waals surface area contributed by atoms with E-state index in [1.807, 2.05) is 0 Å². The second-order valence-corrected chi connectivity index (χ2v) is 3.77. The highest BCUT2D eigenvalue weighted by molar-refractivity contribution is 4.82. The van der Waals surface area contributed by atoms with Crippen LogP contribution in [0.25, 0.3) is 0 Å². The molecule has 1 atom stereocenters. The first kappa shape index (κ1) is 7.56. The molecule has 0 aromatic carbocycles. The van der Waals surface area contributed by atoms with Crippen LogP contribution in [0, 0.1) is 5.92 Å². The minimum Gasteiger partial charge on any atom is -0.381 e. The van der Waals surface area contributed by atoms with E-state index < -0.39 is 0 Å². The van der Waals surface area contributed by atoms with Gasteiger partial charge in [-0.1, -0.05) is 0 Å². The van der Waals surface area contributed by atoms with Gasteiger partial charge in [0.05, 0.1) is 6.61 Å². The highest BCUT2D eigenvalue weighted by Gasteiger charge is 2.22. The average Bonchev–Trinajstić information content (AvgIpc) is 2.86. The molecule has 2 nitrogen and oxygen atoms in total. The van der Waals surface area contributed by atoms with Crippen molar-refractivity contribution < 1.29 is 4.74 Å². The summed E-state index contributed by atoms with van der Waals surface area (Å²) in [7, 11) is 0. The van der Waals surface area contributed by atoms with E-state index in [0.29, 0.717) is 0 Å². The fourth-order valence-electron chi connectivity index (χ4n) is 1.59. The Hall–Kier alpha value is -0.0800. The molecule has 1 aliphatic carbocycles. The topological polar surface area (TPSA) is 21.3 Å². The minimum absolute atomic E-state index is 0.796. The second-order valence-electron chi connectivity index (χ2n) is 3.77. The summed E-state index contributed by atoms with van der Waals surface area (Å²) in [5.74, 6) is 0.796. The molecule has 0 aromatic rings.